The molecule has 1 N–H and O–H groups in total. The van der Waals surface area contributed by atoms with E-state index in [2.05, 4.69) is 5.32 Å². The molecule has 0 saturated heterocycles. The molecule has 1 saturated carbocycles. The Kier molecular flexibility index (Phi) is 5.84. The lowest BCUT2D eigenvalue weighted by atomic mass is 9.78. The van der Waals surface area contributed by atoms with Gasteiger partial charge in [0, 0.05) is 15.5 Å². The van der Waals surface area contributed by atoms with Crippen LogP contribution in [0.15, 0.2) is 66.7 Å². The highest BCUT2D eigenvalue weighted by molar-refractivity contribution is 7.14. The summed E-state index contributed by atoms with van der Waals surface area (Å²) in [6, 6.07) is 20.7. The first-order valence-corrected chi connectivity index (χ1v) is 11.0. The number of benzene rings is 2. The number of carbonyl (C=O) groups is 2. The smallest absolute Gasteiger partial charge is 0.230 e. The zero-order valence-electron chi connectivity index (χ0n) is 16.0. The first-order chi connectivity index (χ1) is 14.1. The van der Waals surface area contributed by atoms with E-state index in [0.29, 0.717) is 22.0 Å². The van der Waals surface area contributed by atoms with Gasteiger partial charge in [0.1, 0.15) is 0 Å². The van der Waals surface area contributed by atoms with E-state index >= 15 is 0 Å². The van der Waals surface area contributed by atoms with Crippen molar-refractivity contribution in [3.05, 3.63) is 92.6 Å². The number of nitrogens with one attached hydrogen (secondary N) is 1. The summed E-state index contributed by atoms with van der Waals surface area (Å²) < 4.78 is 0. The van der Waals surface area contributed by atoms with E-state index in [1.807, 2.05) is 66.7 Å². The SMILES string of the molecule is O=C(c1ccccc1)c1ccc(CNC(=O)C2(c3ccc(Cl)cc3)CCCC2)s1. The van der Waals surface area contributed by atoms with E-state index < -0.39 is 5.41 Å². The van der Waals surface area contributed by atoms with Crippen LogP contribution in [-0.2, 0) is 16.8 Å². The molecular formula is C24H22ClNO2S. The number of halogens is 1. The van der Waals surface area contributed by atoms with Gasteiger partial charge < -0.3 is 5.32 Å². The zero-order chi connectivity index (χ0) is 20.3. The van der Waals surface area contributed by atoms with Crippen molar-refractivity contribution in [2.24, 2.45) is 0 Å². The summed E-state index contributed by atoms with van der Waals surface area (Å²) in [7, 11) is 0. The summed E-state index contributed by atoms with van der Waals surface area (Å²) in [5, 5.41) is 3.79. The third-order valence-electron chi connectivity index (χ3n) is 5.63. The van der Waals surface area contributed by atoms with Crippen LogP contribution in [0.2, 0.25) is 5.02 Å². The van der Waals surface area contributed by atoms with E-state index in [1.54, 1.807) is 0 Å². The van der Waals surface area contributed by atoms with Gasteiger partial charge in [0.25, 0.3) is 0 Å². The van der Waals surface area contributed by atoms with E-state index in [4.69, 9.17) is 11.6 Å². The molecule has 1 aliphatic rings. The molecule has 4 rings (SSSR count). The molecule has 2 aromatic carbocycles. The van der Waals surface area contributed by atoms with Crippen molar-refractivity contribution in [3.63, 3.8) is 0 Å². The molecule has 0 spiro atoms. The molecule has 1 aliphatic carbocycles. The molecule has 148 valence electrons. The van der Waals surface area contributed by atoms with Crippen LogP contribution in [0.3, 0.4) is 0 Å². The topological polar surface area (TPSA) is 46.2 Å². The predicted molar refractivity (Wildman–Crippen MR) is 118 cm³/mol. The lowest BCUT2D eigenvalue weighted by Crippen LogP contribution is -2.42. The molecule has 0 unspecified atom stereocenters. The highest BCUT2D eigenvalue weighted by Gasteiger charge is 2.42. The Morgan fingerprint density at radius 2 is 1.62 bits per heavy atom. The molecule has 3 aromatic rings. The van der Waals surface area contributed by atoms with E-state index in [9.17, 15) is 9.59 Å². The molecule has 3 nitrogen and oxygen atoms in total. The second-order valence-corrected chi connectivity index (χ2v) is 9.04. The fraction of sp³-hybridized carbons (Fsp3) is 0.250. The van der Waals surface area contributed by atoms with Gasteiger partial charge in [0.05, 0.1) is 16.8 Å². The maximum absolute atomic E-state index is 13.2. The van der Waals surface area contributed by atoms with Crippen molar-refractivity contribution < 1.29 is 9.59 Å². The van der Waals surface area contributed by atoms with Gasteiger partial charge >= 0.3 is 0 Å². The summed E-state index contributed by atoms with van der Waals surface area (Å²) >= 11 is 7.47. The van der Waals surface area contributed by atoms with Crippen molar-refractivity contribution in [3.8, 4) is 0 Å². The van der Waals surface area contributed by atoms with Crippen LogP contribution in [0.4, 0.5) is 0 Å². The predicted octanol–water partition coefficient (Wildman–Crippen LogP) is 5.76. The van der Waals surface area contributed by atoms with Gasteiger partial charge in [-0.3, -0.25) is 9.59 Å². The van der Waals surface area contributed by atoms with E-state index in [0.717, 1.165) is 36.1 Å². The van der Waals surface area contributed by atoms with Crippen molar-refractivity contribution in [1.29, 1.82) is 0 Å². The monoisotopic (exact) mass is 423 g/mol. The summed E-state index contributed by atoms with van der Waals surface area (Å²) in [4.78, 5) is 27.4. The van der Waals surface area contributed by atoms with E-state index in [-0.39, 0.29) is 11.7 Å². The van der Waals surface area contributed by atoms with Gasteiger partial charge in [-0.15, -0.1) is 11.3 Å². The van der Waals surface area contributed by atoms with Gasteiger partial charge in [-0.05, 0) is 42.7 Å². The minimum absolute atomic E-state index is 0.0154. The van der Waals surface area contributed by atoms with Crippen LogP contribution in [0.1, 0.15) is 51.4 Å². The molecule has 0 bridgehead atoms. The van der Waals surface area contributed by atoms with E-state index in [1.165, 1.54) is 11.3 Å². The minimum Gasteiger partial charge on any atom is -0.350 e. The summed E-state index contributed by atoms with van der Waals surface area (Å²) in [5.74, 6) is 0.0725. The standard InChI is InChI=1S/C24H22ClNO2S/c25-19-10-8-18(9-11-19)24(14-4-5-15-24)23(28)26-16-20-12-13-21(29-20)22(27)17-6-2-1-3-7-17/h1-3,6-13H,4-5,14-16H2,(H,26,28). The molecule has 1 aromatic heterocycles. The normalized spacial score (nSPS) is 15.2. The van der Waals surface area contributed by atoms with Gasteiger partial charge in [-0.25, -0.2) is 0 Å². The number of ketones is 1. The fourth-order valence-corrected chi connectivity index (χ4v) is 5.09. The zero-order valence-corrected chi connectivity index (χ0v) is 17.6. The lowest BCUT2D eigenvalue weighted by Gasteiger charge is -2.28. The molecule has 1 heterocycles. The number of rotatable bonds is 6. The lowest BCUT2D eigenvalue weighted by molar-refractivity contribution is -0.126. The van der Waals surface area contributed by atoms with Crippen molar-refractivity contribution in [2.75, 3.05) is 0 Å². The van der Waals surface area contributed by atoms with Crippen LogP contribution < -0.4 is 5.32 Å². The van der Waals surface area contributed by atoms with Crippen LogP contribution in [-0.4, -0.2) is 11.7 Å². The first kappa shape index (κ1) is 19.9. The largest absolute Gasteiger partial charge is 0.350 e. The van der Waals surface area contributed by atoms with Crippen molar-refractivity contribution >= 4 is 34.6 Å². The number of amides is 1. The summed E-state index contributed by atoms with van der Waals surface area (Å²) in [6.07, 6.45) is 3.79. The molecule has 1 fully saturated rings. The maximum atomic E-state index is 13.2. The Hall–Kier alpha value is -2.43. The number of thiophene rings is 1. The van der Waals surface area contributed by atoms with Gasteiger partial charge in [0.15, 0.2) is 0 Å². The molecule has 0 atom stereocenters. The summed E-state index contributed by atoms with van der Waals surface area (Å²) in [5.41, 5.74) is 1.23. The number of carbonyl (C=O) groups excluding carboxylic acids is 2. The molecule has 29 heavy (non-hydrogen) atoms. The molecule has 0 radical (unpaired) electrons. The molecule has 0 aliphatic heterocycles. The number of hydrogen-bond acceptors (Lipinski definition) is 3. The highest BCUT2D eigenvalue weighted by Crippen LogP contribution is 2.41. The van der Waals surface area contributed by atoms with Crippen LogP contribution >= 0.6 is 22.9 Å². The Labute approximate surface area is 179 Å². The van der Waals surface area contributed by atoms with Crippen molar-refractivity contribution in [1.82, 2.24) is 5.32 Å². The third kappa shape index (κ3) is 4.14. The average Bonchev–Trinajstić information content (AvgIpc) is 3.43. The summed E-state index contributed by atoms with van der Waals surface area (Å²) in [6.45, 7) is 0.431. The third-order valence-corrected chi connectivity index (χ3v) is 6.97. The first-order valence-electron chi connectivity index (χ1n) is 9.81. The Morgan fingerprint density at radius 3 is 2.31 bits per heavy atom. The fourth-order valence-electron chi connectivity index (χ4n) is 4.06. The van der Waals surface area contributed by atoms with Gasteiger partial charge in [-0.2, -0.15) is 0 Å². The Morgan fingerprint density at radius 1 is 0.931 bits per heavy atom. The quantitative estimate of drug-likeness (QED) is 0.512. The molecular weight excluding hydrogens is 402 g/mol. The molecule has 1 amide bonds. The average molecular weight is 424 g/mol. The molecule has 5 heteroatoms. The Balaban J connectivity index is 1.46. The van der Waals surface area contributed by atoms with Gasteiger partial charge in [-0.1, -0.05) is 66.9 Å². The van der Waals surface area contributed by atoms with Crippen LogP contribution in [0.5, 0.6) is 0 Å². The number of hydrogen-bond donors (Lipinski definition) is 1. The van der Waals surface area contributed by atoms with Gasteiger partial charge in [0.2, 0.25) is 11.7 Å². The van der Waals surface area contributed by atoms with Crippen LogP contribution in [0.25, 0.3) is 0 Å². The highest BCUT2D eigenvalue weighted by atomic mass is 35.5. The minimum atomic E-state index is -0.482. The maximum Gasteiger partial charge on any atom is 0.230 e. The second-order valence-electron chi connectivity index (χ2n) is 7.44. The second kappa shape index (κ2) is 8.52. The Bertz CT molecular complexity index is 1000. The van der Waals surface area contributed by atoms with Crippen LogP contribution in [0, 0.1) is 0 Å². The van der Waals surface area contributed by atoms with Crippen molar-refractivity contribution in [2.45, 2.75) is 37.6 Å².